The minimum absolute atomic E-state index is 0. The van der Waals surface area contributed by atoms with Gasteiger partial charge in [0.1, 0.15) is 17.2 Å². The Bertz CT molecular complexity index is 1080. The average Bonchev–Trinajstić information content (AvgIpc) is 2.84. The second-order valence-corrected chi connectivity index (χ2v) is 6.51. The molecule has 0 unspecified atom stereocenters. The maximum Gasteiger partial charge on any atom is 3.00 e. The van der Waals surface area contributed by atoms with E-state index < -0.39 is 35.2 Å². The summed E-state index contributed by atoms with van der Waals surface area (Å²) in [7, 11) is 4.07. The molecule has 0 heterocycles. The van der Waals surface area contributed by atoms with Crippen LogP contribution in [-0.2, 0) is 17.1 Å². The normalized spacial score (nSPS) is 9.16. The summed E-state index contributed by atoms with van der Waals surface area (Å²) in [6.45, 7) is 0. The third kappa shape index (κ3) is 9.88. The van der Waals surface area contributed by atoms with Crippen LogP contribution in [0, 0.1) is 0 Å². The standard InChI is InChI=1S/3C8H8O4.Fe/c3*1-12-7-3-2-5(8(10)11)4-6(7)9;/h3*2-4,9H,1H3,(H,10,11);/q;;;+3/p-3. The monoisotopic (exact) mass is 557 g/mol. The van der Waals surface area contributed by atoms with Crippen molar-refractivity contribution in [3.8, 4) is 34.5 Å². The van der Waals surface area contributed by atoms with Crippen LogP contribution in [0.1, 0.15) is 31.1 Å². The van der Waals surface area contributed by atoms with Crippen LogP contribution in [0.3, 0.4) is 0 Å². The summed E-state index contributed by atoms with van der Waals surface area (Å²) < 4.78 is 14.0. The van der Waals surface area contributed by atoms with Gasteiger partial charge < -0.3 is 44.8 Å². The predicted octanol–water partition coefficient (Wildman–Crippen LogP) is 1.40. The maximum absolute atomic E-state index is 11.0. The number of hydrogen-bond acceptors (Lipinski definition) is 9. The van der Waals surface area contributed by atoms with Crippen molar-refractivity contribution in [2.45, 2.75) is 0 Å². The molecule has 13 heteroatoms. The van der Waals surface area contributed by atoms with Crippen LogP contribution >= 0.6 is 0 Å². The number of methoxy groups -OCH3 is 3. The van der Waals surface area contributed by atoms with Crippen LogP contribution in [0.15, 0.2) is 54.6 Å². The molecule has 0 aliphatic carbocycles. The number of aromatic carboxylic acids is 3. The number of rotatable bonds is 6. The molecule has 0 aromatic heterocycles. The molecule has 3 aromatic carbocycles. The summed E-state index contributed by atoms with van der Waals surface area (Å²) in [6.07, 6.45) is 0. The van der Waals surface area contributed by atoms with Crippen molar-refractivity contribution in [1.82, 2.24) is 0 Å². The van der Waals surface area contributed by atoms with Gasteiger partial charge in [0, 0.05) is 0 Å². The van der Waals surface area contributed by atoms with Crippen LogP contribution in [0.2, 0.25) is 0 Å². The Labute approximate surface area is 221 Å². The fraction of sp³-hybridized carbons (Fsp3) is 0.125. The van der Waals surface area contributed by atoms with E-state index in [1.165, 1.54) is 57.7 Å². The van der Waals surface area contributed by atoms with E-state index in [1.54, 1.807) is 0 Å². The second kappa shape index (κ2) is 15.4. The van der Waals surface area contributed by atoms with Gasteiger partial charge in [-0.2, -0.15) is 0 Å². The minimum atomic E-state index is -1.12. The predicted molar refractivity (Wildman–Crippen MR) is 118 cm³/mol. The Kier molecular flexibility index (Phi) is 13.5. The molecule has 3 N–H and O–H groups in total. The molecule has 0 bridgehead atoms. The van der Waals surface area contributed by atoms with Crippen LogP contribution in [0.4, 0.5) is 0 Å². The van der Waals surface area contributed by atoms with E-state index in [0.717, 1.165) is 18.2 Å². The van der Waals surface area contributed by atoms with E-state index in [4.69, 9.17) is 15.3 Å². The number of ether oxygens (including phenoxy) is 3. The SMILES string of the molecule is COc1ccc(C(=O)O)cc1[O-].COc1ccc(C(=O)O)cc1[O-].COc1ccc(C(=O)O)cc1[O-].[Fe+3]. The van der Waals surface area contributed by atoms with Crippen LogP contribution in [0.5, 0.6) is 34.5 Å². The Balaban J connectivity index is 0.000000518. The van der Waals surface area contributed by atoms with Crippen LogP contribution < -0.4 is 29.5 Å². The topological polar surface area (TPSA) is 209 Å². The van der Waals surface area contributed by atoms with Crippen LogP contribution in [0.25, 0.3) is 0 Å². The van der Waals surface area contributed by atoms with Gasteiger partial charge in [-0.3, -0.25) is 0 Å². The van der Waals surface area contributed by atoms with Gasteiger partial charge in [-0.1, -0.05) is 35.4 Å². The largest absolute Gasteiger partial charge is 3.00 e. The number of hydrogen-bond donors (Lipinski definition) is 3. The van der Waals surface area contributed by atoms with Crippen molar-refractivity contribution in [2.24, 2.45) is 0 Å². The summed E-state index contributed by atoms with van der Waals surface area (Å²) in [5, 5.41) is 58.4. The zero-order valence-corrected chi connectivity index (χ0v) is 20.7. The van der Waals surface area contributed by atoms with Gasteiger partial charge in [0.05, 0.1) is 38.0 Å². The number of benzene rings is 3. The van der Waals surface area contributed by atoms with Gasteiger partial charge >= 0.3 is 35.0 Å². The molecule has 0 aliphatic rings. The summed E-state index contributed by atoms with van der Waals surface area (Å²) >= 11 is 0. The molecule has 0 amide bonds. The molecule has 3 aromatic rings. The smallest absolute Gasteiger partial charge is 0.870 e. The molecule has 0 atom stereocenters. The van der Waals surface area contributed by atoms with Crippen molar-refractivity contribution in [3.05, 3.63) is 71.3 Å². The zero-order valence-electron chi connectivity index (χ0n) is 19.6. The zero-order chi connectivity index (χ0) is 27.4. The number of carboxylic acids is 3. The Morgan fingerprint density at radius 2 is 0.757 bits per heavy atom. The molecule has 0 spiro atoms. The van der Waals surface area contributed by atoms with Crippen molar-refractivity contribution < 1.29 is 76.3 Å². The number of carboxylic acid groups (broad SMARTS) is 3. The number of carbonyl (C=O) groups is 3. The molecule has 37 heavy (non-hydrogen) atoms. The van der Waals surface area contributed by atoms with Gasteiger partial charge in [0.25, 0.3) is 0 Å². The quantitative estimate of drug-likeness (QED) is 0.368. The Hall–Kier alpha value is -4.61. The fourth-order valence-electron chi connectivity index (χ4n) is 2.43. The van der Waals surface area contributed by atoms with E-state index in [9.17, 15) is 29.7 Å². The van der Waals surface area contributed by atoms with E-state index in [0.29, 0.717) is 0 Å². The third-order valence-electron chi connectivity index (χ3n) is 4.23. The molecule has 0 saturated carbocycles. The molecular formula is C24H21FeO12. The maximum atomic E-state index is 11.0. The Morgan fingerprint density at radius 1 is 0.541 bits per heavy atom. The first-order chi connectivity index (χ1) is 16.9. The summed E-state index contributed by atoms with van der Waals surface area (Å²) in [5.74, 6) is -4.15. The molecule has 197 valence electrons. The summed E-state index contributed by atoms with van der Waals surface area (Å²) in [5.41, 5.74) is -0.0811. The third-order valence-corrected chi connectivity index (χ3v) is 4.23. The van der Waals surface area contributed by atoms with Crippen LogP contribution in [-0.4, -0.2) is 54.6 Å². The van der Waals surface area contributed by atoms with E-state index in [1.807, 2.05) is 0 Å². The van der Waals surface area contributed by atoms with Crippen molar-refractivity contribution >= 4 is 17.9 Å². The van der Waals surface area contributed by atoms with Crippen molar-refractivity contribution in [3.63, 3.8) is 0 Å². The molecule has 0 saturated heterocycles. The van der Waals surface area contributed by atoms with Crippen molar-refractivity contribution in [2.75, 3.05) is 21.3 Å². The first-order valence-electron chi connectivity index (χ1n) is 9.70. The summed E-state index contributed by atoms with van der Waals surface area (Å²) in [4.78, 5) is 31.1. The molecule has 12 nitrogen and oxygen atoms in total. The van der Waals surface area contributed by atoms with Gasteiger partial charge in [-0.05, 0) is 36.4 Å². The van der Waals surface area contributed by atoms with Gasteiger partial charge in [-0.25, -0.2) is 14.4 Å². The van der Waals surface area contributed by atoms with E-state index >= 15 is 0 Å². The van der Waals surface area contributed by atoms with Gasteiger partial charge in [-0.15, -0.1) is 0 Å². The van der Waals surface area contributed by atoms with E-state index in [-0.39, 0.29) is 51.0 Å². The second-order valence-electron chi connectivity index (χ2n) is 6.51. The molecule has 3 rings (SSSR count). The van der Waals surface area contributed by atoms with E-state index in [2.05, 4.69) is 14.2 Å². The van der Waals surface area contributed by atoms with Crippen molar-refractivity contribution in [1.29, 1.82) is 0 Å². The minimum Gasteiger partial charge on any atom is -0.870 e. The first-order valence-corrected chi connectivity index (χ1v) is 9.70. The molecule has 0 fully saturated rings. The summed E-state index contributed by atoms with van der Waals surface area (Å²) in [6, 6.07) is 11.1. The fourth-order valence-corrected chi connectivity index (χ4v) is 2.43. The van der Waals surface area contributed by atoms with Gasteiger partial charge in [0.15, 0.2) is 0 Å². The Morgan fingerprint density at radius 3 is 0.892 bits per heavy atom. The molecular weight excluding hydrogens is 536 g/mol. The first kappa shape index (κ1) is 32.4. The van der Waals surface area contributed by atoms with Gasteiger partial charge in [0.2, 0.25) is 0 Å². The average molecular weight is 557 g/mol. The molecule has 0 aliphatic heterocycles. The molecule has 1 radical (unpaired) electrons.